The molecule has 1 atom stereocenters. The van der Waals surface area contributed by atoms with E-state index in [1.165, 1.54) is 25.6 Å². The van der Waals surface area contributed by atoms with Gasteiger partial charge in [-0.05, 0) is 12.5 Å². The lowest BCUT2D eigenvalue weighted by Crippen LogP contribution is -2.46. The highest BCUT2D eigenvalue weighted by Gasteiger charge is 2.58. The summed E-state index contributed by atoms with van der Waals surface area (Å²) in [6, 6.07) is 3.18. The van der Waals surface area contributed by atoms with Crippen molar-refractivity contribution in [3.05, 3.63) is 40.0 Å². The number of nitrogens with one attached hydrogen (secondary N) is 1. The number of rotatable bonds is 6. The van der Waals surface area contributed by atoms with Gasteiger partial charge in [0.1, 0.15) is 5.01 Å². The van der Waals surface area contributed by atoms with Crippen LogP contribution in [0.4, 0.5) is 13.2 Å². The van der Waals surface area contributed by atoms with E-state index in [2.05, 4.69) is 15.3 Å². The number of pyridine rings is 1. The van der Waals surface area contributed by atoms with E-state index in [4.69, 9.17) is 4.74 Å². The number of methoxy groups -OCH3 is 1. The maximum absolute atomic E-state index is 13.3. The van der Waals surface area contributed by atoms with Crippen molar-refractivity contribution in [3.63, 3.8) is 0 Å². The van der Waals surface area contributed by atoms with Crippen LogP contribution in [0.15, 0.2) is 23.7 Å². The molecule has 0 fully saturated rings. The summed E-state index contributed by atoms with van der Waals surface area (Å²) in [6.45, 7) is 1.48. The fourth-order valence-corrected chi connectivity index (χ4v) is 2.89. The molecule has 2 N–H and O–H groups in total. The minimum atomic E-state index is -5.03. The Morgan fingerprint density at radius 2 is 2.12 bits per heavy atom. The Morgan fingerprint density at radius 3 is 2.60 bits per heavy atom. The van der Waals surface area contributed by atoms with E-state index in [0.29, 0.717) is 28.5 Å². The van der Waals surface area contributed by atoms with Crippen molar-refractivity contribution in [2.45, 2.75) is 31.7 Å². The molecule has 1 unspecified atom stereocenters. The van der Waals surface area contributed by atoms with Gasteiger partial charge in [-0.1, -0.05) is 6.07 Å². The molecule has 2 aromatic rings. The Labute approximate surface area is 145 Å². The third kappa shape index (κ3) is 4.45. The SMILES string of the molecule is COc1ccc(CNC(=O)CC(O)(c2nc(C)cs2)C(F)(F)F)cn1. The number of halogens is 3. The van der Waals surface area contributed by atoms with Crippen LogP contribution in [0.1, 0.15) is 22.7 Å². The highest BCUT2D eigenvalue weighted by molar-refractivity contribution is 7.09. The number of carbonyl (C=O) groups excluding carboxylic acids is 1. The molecule has 136 valence electrons. The molecule has 0 saturated carbocycles. The number of aryl methyl sites for hydroxylation is 1. The Morgan fingerprint density at radius 1 is 1.40 bits per heavy atom. The van der Waals surface area contributed by atoms with Crippen molar-refractivity contribution in [2.75, 3.05) is 7.11 Å². The van der Waals surface area contributed by atoms with E-state index in [9.17, 15) is 23.1 Å². The number of aromatic nitrogens is 2. The molecule has 0 bridgehead atoms. The quantitative estimate of drug-likeness (QED) is 0.810. The smallest absolute Gasteiger partial charge is 0.424 e. The molecule has 0 aliphatic rings. The first kappa shape index (κ1) is 19.1. The largest absolute Gasteiger partial charge is 0.481 e. The number of ether oxygens (including phenoxy) is 1. The number of thiazole rings is 1. The molecule has 2 heterocycles. The van der Waals surface area contributed by atoms with Gasteiger partial charge < -0.3 is 15.2 Å². The Hall–Kier alpha value is -2.20. The number of nitrogens with zero attached hydrogens (tertiary/aromatic N) is 2. The fourth-order valence-electron chi connectivity index (χ4n) is 1.97. The van der Waals surface area contributed by atoms with Crippen molar-refractivity contribution in [1.82, 2.24) is 15.3 Å². The highest BCUT2D eigenvalue weighted by Crippen LogP contribution is 2.42. The fraction of sp³-hybridized carbons (Fsp3) is 0.400. The van der Waals surface area contributed by atoms with Crippen LogP contribution < -0.4 is 10.1 Å². The first-order valence-corrected chi connectivity index (χ1v) is 8.01. The predicted octanol–water partition coefficient (Wildman–Crippen LogP) is 2.31. The van der Waals surface area contributed by atoms with Crippen LogP contribution in [0.5, 0.6) is 5.88 Å². The zero-order chi connectivity index (χ0) is 18.7. The van der Waals surface area contributed by atoms with Gasteiger partial charge >= 0.3 is 6.18 Å². The molecule has 0 saturated heterocycles. The maximum atomic E-state index is 13.3. The van der Waals surface area contributed by atoms with Crippen LogP contribution in [-0.4, -0.2) is 34.3 Å². The first-order chi connectivity index (χ1) is 11.7. The van der Waals surface area contributed by atoms with E-state index < -0.39 is 29.1 Å². The maximum Gasteiger partial charge on any atom is 0.424 e. The van der Waals surface area contributed by atoms with Crippen LogP contribution in [0.3, 0.4) is 0 Å². The number of aliphatic hydroxyl groups is 1. The van der Waals surface area contributed by atoms with Gasteiger partial charge in [0.15, 0.2) is 0 Å². The van der Waals surface area contributed by atoms with Gasteiger partial charge in [-0.15, -0.1) is 11.3 Å². The van der Waals surface area contributed by atoms with Crippen molar-refractivity contribution < 1.29 is 27.8 Å². The zero-order valence-corrected chi connectivity index (χ0v) is 14.2. The standard InChI is InChI=1S/C15H16F3N3O3S/c1-9-8-25-13(21-9)14(23,15(16,17)18)5-11(22)19-6-10-3-4-12(24-2)20-7-10/h3-4,7-8,23H,5-6H2,1-2H3,(H,19,22). The highest BCUT2D eigenvalue weighted by atomic mass is 32.1. The zero-order valence-electron chi connectivity index (χ0n) is 13.4. The van der Waals surface area contributed by atoms with Gasteiger partial charge in [0.05, 0.1) is 13.5 Å². The molecule has 10 heteroatoms. The molecule has 25 heavy (non-hydrogen) atoms. The summed E-state index contributed by atoms with van der Waals surface area (Å²) in [6.07, 6.45) is -4.78. The molecule has 2 aromatic heterocycles. The average molecular weight is 375 g/mol. The third-order valence-electron chi connectivity index (χ3n) is 3.35. The second-order valence-electron chi connectivity index (χ2n) is 5.31. The lowest BCUT2D eigenvalue weighted by molar-refractivity contribution is -0.267. The second kappa shape index (κ2) is 7.36. The van der Waals surface area contributed by atoms with E-state index in [-0.39, 0.29) is 6.54 Å². The molecular weight excluding hydrogens is 359 g/mol. The number of amides is 1. The Bertz CT molecular complexity index is 734. The minimum Gasteiger partial charge on any atom is -0.481 e. The lowest BCUT2D eigenvalue weighted by Gasteiger charge is -2.27. The first-order valence-electron chi connectivity index (χ1n) is 7.13. The molecule has 2 rings (SSSR count). The number of carbonyl (C=O) groups is 1. The van der Waals surface area contributed by atoms with Gasteiger partial charge in [0, 0.05) is 29.9 Å². The van der Waals surface area contributed by atoms with Crippen LogP contribution in [0.25, 0.3) is 0 Å². The molecular formula is C15H16F3N3O3S. The molecule has 1 amide bonds. The molecule has 0 aliphatic heterocycles. The summed E-state index contributed by atoms with van der Waals surface area (Å²) < 4.78 is 44.8. The predicted molar refractivity (Wildman–Crippen MR) is 84.1 cm³/mol. The average Bonchev–Trinajstić information content (AvgIpc) is 2.99. The van der Waals surface area contributed by atoms with Crippen LogP contribution in [0, 0.1) is 6.92 Å². The Kier molecular flexibility index (Phi) is 5.63. The van der Waals surface area contributed by atoms with Gasteiger partial charge in [-0.3, -0.25) is 4.79 Å². The van der Waals surface area contributed by atoms with Crippen LogP contribution in [0.2, 0.25) is 0 Å². The van der Waals surface area contributed by atoms with E-state index in [1.807, 2.05) is 0 Å². The van der Waals surface area contributed by atoms with Crippen molar-refractivity contribution in [3.8, 4) is 5.88 Å². The van der Waals surface area contributed by atoms with Crippen molar-refractivity contribution in [2.24, 2.45) is 0 Å². The number of hydrogen-bond acceptors (Lipinski definition) is 6. The van der Waals surface area contributed by atoms with E-state index >= 15 is 0 Å². The number of hydrogen-bond donors (Lipinski definition) is 2. The lowest BCUT2D eigenvalue weighted by atomic mass is 9.99. The number of alkyl halides is 3. The summed E-state index contributed by atoms with van der Waals surface area (Å²) in [7, 11) is 1.45. The van der Waals surface area contributed by atoms with E-state index in [1.54, 1.807) is 12.1 Å². The summed E-state index contributed by atoms with van der Waals surface area (Å²) >= 11 is 0.659. The molecule has 0 aromatic carbocycles. The minimum absolute atomic E-state index is 0.0271. The van der Waals surface area contributed by atoms with Gasteiger partial charge in [0.2, 0.25) is 17.4 Å². The molecule has 0 aliphatic carbocycles. The molecule has 6 nitrogen and oxygen atoms in total. The molecule has 0 spiro atoms. The Balaban J connectivity index is 2.07. The third-order valence-corrected chi connectivity index (χ3v) is 4.47. The normalized spacial score (nSPS) is 14.0. The van der Waals surface area contributed by atoms with Crippen molar-refractivity contribution in [1.29, 1.82) is 0 Å². The van der Waals surface area contributed by atoms with Crippen LogP contribution >= 0.6 is 11.3 Å². The van der Waals surface area contributed by atoms with E-state index in [0.717, 1.165) is 0 Å². The second-order valence-corrected chi connectivity index (χ2v) is 6.17. The summed E-state index contributed by atoms with van der Waals surface area (Å²) in [4.78, 5) is 19.6. The summed E-state index contributed by atoms with van der Waals surface area (Å²) in [5.74, 6) is -0.579. The molecule has 0 radical (unpaired) electrons. The monoisotopic (exact) mass is 375 g/mol. The topological polar surface area (TPSA) is 84.3 Å². The van der Waals surface area contributed by atoms with Gasteiger partial charge in [0.25, 0.3) is 0 Å². The summed E-state index contributed by atoms with van der Waals surface area (Å²) in [5, 5.41) is 13.3. The van der Waals surface area contributed by atoms with Gasteiger partial charge in [-0.2, -0.15) is 13.2 Å². The van der Waals surface area contributed by atoms with Gasteiger partial charge in [-0.25, -0.2) is 9.97 Å². The summed E-state index contributed by atoms with van der Waals surface area (Å²) in [5.41, 5.74) is -2.41. The van der Waals surface area contributed by atoms with Crippen LogP contribution in [-0.2, 0) is 16.9 Å². The van der Waals surface area contributed by atoms with Crippen molar-refractivity contribution >= 4 is 17.2 Å².